The molecule has 1 saturated heterocycles. The predicted octanol–water partition coefficient (Wildman–Crippen LogP) is 1.41. The standard InChI is InChI=1S/C15H20N4O/c1-16-10-12-5-8-18(9-6-12)15(20)13-11-17-19-7-3-2-4-14(13)19/h2-4,7,11-12,16H,5-6,8-10H2,1H3. The molecule has 2 aromatic rings. The highest BCUT2D eigenvalue weighted by Gasteiger charge is 2.24. The van der Waals surface area contributed by atoms with Gasteiger partial charge >= 0.3 is 0 Å². The Balaban J connectivity index is 1.74. The van der Waals surface area contributed by atoms with Crippen LogP contribution in [0.15, 0.2) is 30.6 Å². The minimum Gasteiger partial charge on any atom is -0.339 e. The van der Waals surface area contributed by atoms with E-state index in [2.05, 4.69) is 10.4 Å². The number of aromatic nitrogens is 2. The molecule has 1 fully saturated rings. The van der Waals surface area contributed by atoms with Gasteiger partial charge in [-0.2, -0.15) is 5.10 Å². The first-order chi connectivity index (χ1) is 9.79. The van der Waals surface area contributed by atoms with Crippen LogP contribution in [-0.2, 0) is 0 Å². The van der Waals surface area contributed by atoms with Crippen molar-refractivity contribution in [2.45, 2.75) is 12.8 Å². The molecule has 0 bridgehead atoms. The van der Waals surface area contributed by atoms with Gasteiger partial charge in [0.1, 0.15) is 0 Å². The second-order valence-electron chi connectivity index (χ2n) is 5.38. The van der Waals surface area contributed by atoms with E-state index in [9.17, 15) is 4.79 Å². The number of fused-ring (bicyclic) bond motifs is 1. The second kappa shape index (κ2) is 5.63. The molecular weight excluding hydrogens is 252 g/mol. The Morgan fingerprint density at radius 3 is 2.95 bits per heavy atom. The largest absolute Gasteiger partial charge is 0.339 e. The SMILES string of the molecule is CNCC1CCN(C(=O)c2cnn3ccccc23)CC1. The Hall–Kier alpha value is -1.88. The lowest BCUT2D eigenvalue weighted by Gasteiger charge is -2.31. The zero-order valence-electron chi connectivity index (χ0n) is 11.7. The van der Waals surface area contributed by atoms with Gasteiger partial charge in [0.05, 0.1) is 17.3 Å². The van der Waals surface area contributed by atoms with Gasteiger partial charge in [0.2, 0.25) is 0 Å². The van der Waals surface area contributed by atoms with Crippen LogP contribution in [0.4, 0.5) is 0 Å². The summed E-state index contributed by atoms with van der Waals surface area (Å²) in [6.45, 7) is 2.73. The van der Waals surface area contributed by atoms with E-state index in [0.29, 0.717) is 11.5 Å². The van der Waals surface area contributed by atoms with Crippen LogP contribution in [-0.4, -0.2) is 47.1 Å². The fraction of sp³-hybridized carbons (Fsp3) is 0.467. The lowest BCUT2D eigenvalue weighted by atomic mass is 9.96. The molecule has 0 aliphatic carbocycles. The molecule has 106 valence electrons. The van der Waals surface area contributed by atoms with Crippen molar-refractivity contribution in [3.63, 3.8) is 0 Å². The van der Waals surface area contributed by atoms with Gasteiger partial charge in [-0.15, -0.1) is 0 Å². The van der Waals surface area contributed by atoms with E-state index in [-0.39, 0.29) is 5.91 Å². The number of carbonyl (C=O) groups is 1. The van der Waals surface area contributed by atoms with Crippen LogP contribution in [0, 0.1) is 5.92 Å². The Morgan fingerprint density at radius 2 is 2.20 bits per heavy atom. The molecule has 1 aliphatic heterocycles. The molecule has 1 aliphatic rings. The highest BCUT2D eigenvalue weighted by Crippen LogP contribution is 2.20. The van der Waals surface area contributed by atoms with Crippen molar-refractivity contribution < 1.29 is 4.79 Å². The minimum atomic E-state index is 0.106. The molecule has 1 amide bonds. The minimum absolute atomic E-state index is 0.106. The number of nitrogens with zero attached hydrogens (tertiary/aromatic N) is 3. The van der Waals surface area contributed by atoms with Crippen molar-refractivity contribution >= 4 is 11.4 Å². The summed E-state index contributed by atoms with van der Waals surface area (Å²) in [5.74, 6) is 0.794. The lowest BCUT2D eigenvalue weighted by molar-refractivity contribution is 0.0693. The molecule has 0 saturated carbocycles. The summed E-state index contributed by atoms with van der Waals surface area (Å²) in [4.78, 5) is 14.6. The quantitative estimate of drug-likeness (QED) is 0.919. The third-order valence-corrected chi connectivity index (χ3v) is 4.05. The molecular formula is C15H20N4O. The van der Waals surface area contributed by atoms with Crippen molar-refractivity contribution in [3.05, 3.63) is 36.2 Å². The van der Waals surface area contributed by atoms with E-state index >= 15 is 0 Å². The zero-order chi connectivity index (χ0) is 13.9. The molecule has 5 heteroatoms. The van der Waals surface area contributed by atoms with Crippen molar-refractivity contribution in [1.29, 1.82) is 0 Å². The number of hydrogen-bond donors (Lipinski definition) is 1. The number of hydrogen-bond acceptors (Lipinski definition) is 3. The van der Waals surface area contributed by atoms with Crippen LogP contribution in [0.3, 0.4) is 0 Å². The monoisotopic (exact) mass is 272 g/mol. The summed E-state index contributed by atoms with van der Waals surface area (Å²) in [6, 6.07) is 5.79. The maximum absolute atomic E-state index is 12.6. The highest BCUT2D eigenvalue weighted by molar-refractivity contribution is 6.00. The Labute approximate surface area is 118 Å². The average Bonchev–Trinajstić information content (AvgIpc) is 2.92. The van der Waals surface area contributed by atoms with E-state index in [1.807, 2.05) is 36.3 Å². The van der Waals surface area contributed by atoms with Crippen molar-refractivity contribution in [2.24, 2.45) is 5.92 Å². The van der Waals surface area contributed by atoms with Crippen LogP contribution in [0.25, 0.3) is 5.52 Å². The van der Waals surface area contributed by atoms with Gasteiger partial charge in [-0.1, -0.05) is 6.07 Å². The van der Waals surface area contributed by atoms with Gasteiger partial charge in [-0.05, 0) is 44.5 Å². The normalized spacial score (nSPS) is 16.8. The topological polar surface area (TPSA) is 49.6 Å². The van der Waals surface area contributed by atoms with Gasteiger partial charge in [0.15, 0.2) is 0 Å². The van der Waals surface area contributed by atoms with Crippen LogP contribution < -0.4 is 5.32 Å². The summed E-state index contributed by atoms with van der Waals surface area (Å²) >= 11 is 0. The van der Waals surface area contributed by atoms with E-state index in [1.54, 1.807) is 10.7 Å². The average molecular weight is 272 g/mol. The van der Waals surface area contributed by atoms with Gasteiger partial charge in [0, 0.05) is 19.3 Å². The Kier molecular flexibility index (Phi) is 3.69. The highest BCUT2D eigenvalue weighted by atomic mass is 16.2. The molecule has 0 unspecified atom stereocenters. The van der Waals surface area contributed by atoms with Gasteiger partial charge in [-0.25, -0.2) is 4.52 Å². The molecule has 1 N–H and O–H groups in total. The molecule has 3 heterocycles. The van der Waals surface area contributed by atoms with Crippen molar-refractivity contribution in [3.8, 4) is 0 Å². The molecule has 20 heavy (non-hydrogen) atoms. The lowest BCUT2D eigenvalue weighted by Crippen LogP contribution is -2.40. The van der Waals surface area contributed by atoms with Gasteiger partial charge in [-0.3, -0.25) is 4.79 Å². The summed E-state index contributed by atoms with van der Waals surface area (Å²) < 4.78 is 1.75. The number of rotatable bonds is 3. The summed E-state index contributed by atoms with van der Waals surface area (Å²) in [5.41, 5.74) is 1.59. The molecule has 5 nitrogen and oxygen atoms in total. The molecule has 3 rings (SSSR count). The number of amides is 1. The number of piperidine rings is 1. The van der Waals surface area contributed by atoms with Crippen molar-refractivity contribution in [2.75, 3.05) is 26.7 Å². The maximum Gasteiger partial charge on any atom is 0.257 e. The zero-order valence-corrected chi connectivity index (χ0v) is 11.7. The van der Waals surface area contributed by atoms with Crippen molar-refractivity contribution in [1.82, 2.24) is 19.8 Å². The summed E-state index contributed by atoms with van der Waals surface area (Å²) in [5, 5.41) is 7.45. The predicted molar refractivity (Wildman–Crippen MR) is 77.7 cm³/mol. The first-order valence-electron chi connectivity index (χ1n) is 7.16. The molecule has 0 radical (unpaired) electrons. The van der Waals surface area contributed by atoms with E-state index in [4.69, 9.17) is 0 Å². The Morgan fingerprint density at radius 1 is 1.40 bits per heavy atom. The molecule has 0 spiro atoms. The number of nitrogens with one attached hydrogen (secondary N) is 1. The van der Waals surface area contributed by atoms with E-state index < -0.39 is 0 Å². The molecule has 0 aromatic carbocycles. The summed E-state index contributed by atoms with van der Waals surface area (Å²) in [7, 11) is 1.98. The first kappa shape index (κ1) is 13.1. The van der Waals surface area contributed by atoms with Crippen LogP contribution in [0.5, 0.6) is 0 Å². The van der Waals surface area contributed by atoms with E-state index in [1.165, 1.54) is 0 Å². The van der Waals surface area contributed by atoms with Gasteiger partial charge in [0.25, 0.3) is 5.91 Å². The number of carbonyl (C=O) groups excluding carboxylic acids is 1. The van der Waals surface area contributed by atoms with Crippen LogP contribution in [0.2, 0.25) is 0 Å². The first-order valence-corrected chi connectivity index (χ1v) is 7.16. The van der Waals surface area contributed by atoms with E-state index in [0.717, 1.165) is 38.0 Å². The third-order valence-electron chi connectivity index (χ3n) is 4.05. The second-order valence-corrected chi connectivity index (χ2v) is 5.38. The number of pyridine rings is 1. The molecule has 0 atom stereocenters. The Bertz CT molecular complexity index is 599. The maximum atomic E-state index is 12.6. The number of likely N-dealkylation sites (tertiary alicyclic amines) is 1. The van der Waals surface area contributed by atoms with Crippen LogP contribution in [0.1, 0.15) is 23.2 Å². The van der Waals surface area contributed by atoms with Gasteiger partial charge < -0.3 is 10.2 Å². The fourth-order valence-corrected chi connectivity index (χ4v) is 2.90. The third kappa shape index (κ3) is 2.41. The molecule has 2 aromatic heterocycles. The fourth-order valence-electron chi connectivity index (χ4n) is 2.90. The van der Waals surface area contributed by atoms with Crippen LogP contribution >= 0.6 is 0 Å². The summed E-state index contributed by atoms with van der Waals surface area (Å²) in [6.07, 6.45) is 5.69. The smallest absolute Gasteiger partial charge is 0.257 e.